The van der Waals surface area contributed by atoms with E-state index in [1.165, 1.54) is 23.8 Å². The lowest BCUT2D eigenvalue weighted by Crippen LogP contribution is -2.01. The molecular weight excluding hydrogens is 224 g/mol. The first-order valence-corrected chi connectivity index (χ1v) is 6.01. The van der Waals surface area contributed by atoms with Crippen LogP contribution in [0.5, 0.6) is 0 Å². The van der Waals surface area contributed by atoms with Gasteiger partial charge in [0.15, 0.2) is 0 Å². The zero-order valence-corrected chi connectivity index (χ0v) is 10.4. The van der Waals surface area contributed by atoms with Crippen molar-refractivity contribution in [3.63, 3.8) is 0 Å². The molecule has 0 aromatic heterocycles. The molecule has 0 bridgehead atoms. The summed E-state index contributed by atoms with van der Waals surface area (Å²) in [6, 6.07) is 18.4. The van der Waals surface area contributed by atoms with Crippen molar-refractivity contribution in [3.8, 4) is 11.1 Å². The van der Waals surface area contributed by atoms with Crippen LogP contribution in [0.4, 0.5) is 0 Å². The Kier molecular flexibility index (Phi) is 4.13. The number of benzene rings is 2. The summed E-state index contributed by atoms with van der Waals surface area (Å²) >= 11 is 0. The van der Waals surface area contributed by atoms with Gasteiger partial charge in [0.25, 0.3) is 0 Å². The fourth-order valence-electron chi connectivity index (χ4n) is 1.66. The van der Waals surface area contributed by atoms with Gasteiger partial charge in [-0.15, -0.1) is 0 Å². The number of carbonyl (C=O) groups is 1. The van der Waals surface area contributed by atoms with Crippen LogP contribution in [0.1, 0.15) is 12.0 Å². The molecule has 0 aliphatic heterocycles. The summed E-state index contributed by atoms with van der Waals surface area (Å²) in [6.07, 6.45) is 1.22. The van der Waals surface area contributed by atoms with E-state index >= 15 is 0 Å². The van der Waals surface area contributed by atoms with Crippen LogP contribution < -0.4 is 0 Å². The number of rotatable bonds is 3. The molecule has 2 nitrogen and oxygen atoms in total. The van der Waals surface area contributed by atoms with Crippen molar-refractivity contribution in [2.75, 3.05) is 7.11 Å². The molecule has 0 N–H and O–H groups in total. The van der Waals surface area contributed by atoms with Gasteiger partial charge in [-0.05, 0) is 23.1 Å². The molecule has 0 saturated heterocycles. The molecule has 0 atom stereocenters. The Hall–Kier alpha value is -2.09. The van der Waals surface area contributed by atoms with E-state index in [2.05, 4.69) is 29.0 Å². The average Bonchev–Trinajstić information content (AvgIpc) is 2.42. The number of carbonyl (C=O) groups excluding carboxylic acids is 1. The Morgan fingerprint density at radius 1 is 0.944 bits per heavy atom. The van der Waals surface area contributed by atoms with E-state index in [4.69, 9.17) is 0 Å². The minimum Gasteiger partial charge on any atom is -0.469 e. The van der Waals surface area contributed by atoms with Gasteiger partial charge in [0.2, 0.25) is 0 Å². The van der Waals surface area contributed by atoms with Crippen LogP contribution in [0.3, 0.4) is 0 Å². The molecule has 0 heterocycles. The van der Waals surface area contributed by atoms with Crippen molar-refractivity contribution in [3.05, 3.63) is 60.2 Å². The number of hydrogen-bond donors (Lipinski definition) is 0. The number of ether oxygens (including phenoxy) is 1. The first-order chi connectivity index (χ1) is 8.79. The molecule has 2 aliphatic rings. The monoisotopic (exact) mass is 240 g/mol. The highest BCUT2D eigenvalue weighted by atomic mass is 16.5. The van der Waals surface area contributed by atoms with Crippen LogP contribution in [0, 0.1) is 0 Å². The summed E-state index contributed by atoms with van der Waals surface area (Å²) in [6.45, 7) is 0. The van der Waals surface area contributed by atoms with E-state index in [-0.39, 0.29) is 5.97 Å². The number of fused-ring (bicyclic) bond motifs is 1. The van der Waals surface area contributed by atoms with Gasteiger partial charge in [0, 0.05) is 6.42 Å². The summed E-state index contributed by atoms with van der Waals surface area (Å²) in [5.41, 5.74) is 4.02. The van der Waals surface area contributed by atoms with E-state index in [1.807, 2.05) is 30.3 Å². The van der Waals surface area contributed by atoms with Crippen LogP contribution in [0.25, 0.3) is 11.1 Å². The number of esters is 1. The molecule has 0 unspecified atom stereocenters. The smallest absolute Gasteiger partial charge is 0.305 e. The molecule has 0 radical (unpaired) electrons. The Morgan fingerprint density at radius 3 is 1.89 bits per heavy atom. The maximum Gasteiger partial charge on any atom is 0.305 e. The second-order valence-electron chi connectivity index (χ2n) is 4.14. The summed E-state index contributed by atoms with van der Waals surface area (Å²) in [7, 11) is 1.41. The highest BCUT2D eigenvalue weighted by molar-refractivity contribution is 5.75. The SMILES string of the molecule is COC(=O)CCc1ccccc1.c1cc2ccc1-2. The van der Waals surface area contributed by atoms with Gasteiger partial charge < -0.3 is 4.74 Å². The molecule has 2 aliphatic carbocycles. The molecule has 2 heteroatoms. The summed E-state index contributed by atoms with van der Waals surface area (Å²) in [5, 5.41) is 0. The first kappa shape index (κ1) is 12.4. The topological polar surface area (TPSA) is 26.3 Å². The number of aryl methyl sites for hydroxylation is 1. The number of methoxy groups -OCH3 is 1. The van der Waals surface area contributed by atoms with E-state index in [9.17, 15) is 4.79 Å². The second kappa shape index (κ2) is 6.01. The van der Waals surface area contributed by atoms with Crippen LogP contribution >= 0.6 is 0 Å². The largest absolute Gasteiger partial charge is 0.469 e. The molecular formula is C16H16O2. The second-order valence-corrected chi connectivity index (χ2v) is 4.14. The van der Waals surface area contributed by atoms with Crippen LogP contribution in [-0.4, -0.2) is 13.1 Å². The lowest BCUT2D eigenvalue weighted by atomic mass is 9.95. The first-order valence-electron chi connectivity index (χ1n) is 6.01. The molecule has 1 aromatic rings. The Labute approximate surface area is 107 Å². The van der Waals surface area contributed by atoms with Crippen LogP contribution in [0.15, 0.2) is 54.6 Å². The Balaban J connectivity index is 0.000000164. The molecule has 0 fully saturated rings. The van der Waals surface area contributed by atoms with E-state index in [0.29, 0.717) is 6.42 Å². The highest BCUT2D eigenvalue weighted by Gasteiger charge is 2.04. The van der Waals surface area contributed by atoms with Gasteiger partial charge in [0.1, 0.15) is 0 Å². The summed E-state index contributed by atoms with van der Waals surface area (Å²) in [5.74, 6) is -0.154. The molecule has 0 spiro atoms. The normalized spacial score (nSPS) is 10.1. The number of hydrogen-bond acceptors (Lipinski definition) is 2. The zero-order valence-electron chi connectivity index (χ0n) is 10.4. The Bertz CT molecular complexity index is 479. The zero-order chi connectivity index (χ0) is 12.8. The third kappa shape index (κ3) is 3.20. The lowest BCUT2D eigenvalue weighted by molar-refractivity contribution is -0.140. The fraction of sp³-hybridized carbons (Fsp3) is 0.188. The third-order valence-corrected chi connectivity index (χ3v) is 2.91. The minimum atomic E-state index is -0.154. The van der Waals surface area contributed by atoms with Gasteiger partial charge in [-0.1, -0.05) is 54.6 Å². The van der Waals surface area contributed by atoms with Crippen molar-refractivity contribution in [2.45, 2.75) is 12.8 Å². The van der Waals surface area contributed by atoms with E-state index < -0.39 is 0 Å². The van der Waals surface area contributed by atoms with E-state index in [0.717, 1.165) is 6.42 Å². The predicted octanol–water partition coefficient (Wildman–Crippen LogP) is 3.46. The quantitative estimate of drug-likeness (QED) is 0.655. The van der Waals surface area contributed by atoms with Crippen LogP contribution in [0.2, 0.25) is 0 Å². The maximum absolute atomic E-state index is 10.8. The maximum atomic E-state index is 10.8. The molecule has 0 amide bonds. The van der Waals surface area contributed by atoms with Crippen molar-refractivity contribution in [1.29, 1.82) is 0 Å². The van der Waals surface area contributed by atoms with Crippen LogP contribution in [-0.2, 0) is 16.0 Å². The molecule has 1 aromatic carbocycles. The highest BCUT2D eigenvalue weighted by Crippen LogP contribution is 2.29. The molecule has 0 saturated carbocycles. The van der Waals surface area contributed by atoms with Crippen molar-refractivity contribution in [1.82, 2.24) is 0 Å². The third-order valence-electron chi connectivity index (χ3n) is 2.91. The minimum absolute atomic E-state index is 0.154. The van der Waals surface area contributed by atoms with Gasteiger partial charge >= 0.3 is 5.97 Å². The van der Waals surface area contributed by atoms with Gasteiger partial charge in [-0.2, -0.15) is 0 Å². The van der Waals surface area contributed by atoms with Crippen molar-refractivity contribution >= 4 is 5.97 Å². The van der Waals surface area contributed by atoms with Gasteiger partial charge in [-0.3, -0.25) is 4.79 Å². The van der Waals surface area contributed by atoms with E-state index in [1.54, 1.807) is 0 Å². The molecule has 3 rings (SSSR count). The lowest BCUT2D eigenvalue weighted by Gasteiger charge is -2.10. The van der Waals surface area contributed by atoms with Crippen molar-refractivity contribution in [2.24, 2.45) is 0 Å². The van der Waals surface area contributed by atoms with Gasteiger partial charge in [-0.25, -0.2) is 0 Å². The Morgan fingerprint density at radius 2 is 1.50 bits per heavy atom. The predicted molar refractivity (Wildman–Crippen MR) is 72.2 cm³/mol. The van der Waals surface area contributed by atoms with Crippen molar-refractivity contribution < 1.29 is 9.53 Å². The molecule has 92 valence electrons. The van der Waals surface area contributed by atoms with Gasteiger partial charge in [0.05, 0.1) is 7.11 Å². The standard InChI is InChI=1S/C10H12O2.C6H4/c1-12-10(11)8-7-9-5-3-2-4-6-9;1-2-6-4-3-5(1)6/h2-6H,7-8H2,1H3;1-4H. The summed E-state index contributed by atoms with van der Waals surface area (Å²) in [4.78, 5) is 10.8. The summed E-state index contributed by atoms with van der Waals surface area (Å²) < 4.78 is 4.53. The fourth-order valence-corrected chi connectivity index (χ4v) is 1.66. The average molecular weight is 240 g/mol. The molecule has 18 heavy (non-hydrogen) atoms.